The molecule has 1 rings (SSSR count). The van der Waals surface area contributed by atoms with Crippen molar-refractivity contribution < 1.29 is 5.11 Å². The maximum atomic E-state index is 11.7. The summed E-state index contributed by atoms with van der Waals surface area (Å²) in [5.41, 5.74) is -0.170. The summed E-state index contributed by atoms with van der Waals surface area (Å²) in [4.78, 5) is 11.7. The minimum absolute atomic E-state index is 0.0198. The Morgan fingerprint density at radius 2 is 1.71 bits per heavy atom. The van der Waals surface area contributed by atoms with Crippen LogP contribution in [0.25, 0.3) is 0 Å². The molecule has 0 atom stereocenters. The molecule has 0 aliphatic heterocycles. The molecule has 0 aliphatic carbocycles. The summed E-state index contributed by atoms with van der Waals surface area (Å²) in [6.45, 7) is 5.08. The summed E-state index contributed by atoms with van der Waals surface area (Å²) in [5.74, 6) is -0.0198. The van der Waals surface area contributed by atoms with E-state index < -0.39 is 0 Å². The molecule has 0 spiro atoms. The topological polar surface area (TPSA) is 47.2 Å². The Hall–Kier alpha value is -0.840. The molecule has 1 aromatic heterocycles. The van der Waals surface area contributed by atoms with Gasteiger partial charge in [0.2, 0.25) is 5.88 Å². The molecule has 1 heterocycles. The van der Waals surface area contributed by atoms with Crippen LogP contribution in [0, 0.1) is 0 Å². The summed E-state index contributed by atoms with van der Waals surface area (Å²) < 4.78 is 2.85. The highest BCUT2D eigenvalue weighted by Crippen LogP contribution is 2.19. The van der Waals surface area contributed by atoms with Gasteiger partial charge in [-0.05, 0) is 12.8 Å². The fraction of sp³-hybridized carbons (Fsp3) is 0.667. The van der Waals surface area contributed by atoms with Crippen molar-refractivity contribution in [1.29, 1.82) is 0 Å². The molecule has 5 heteroatoms. The van der Waals surface area contributed by atoms with Gasteiger partial charge in [0.15, 0.2) is 0 Å². The molecule has 0 unspecified atom stereocenters. The molecule has 1 aromatic rings. The first-order chi connectivity index (χ1) is 6.63. The Balaban J connectivity index is 3.19. The predicted octanol–water partition coefficient (Wildman–Crippen LogP) is 1.46. The molecule has 0 aromatic carbocycles. The van der Waals surface area contributed by atoms with Crippen LogP contribution < -0.4 is 5.69 Å². The molecule has 14 heavy (non-hydrogen) atoms. The van der Waals surface area contributed by atoms with Crippen LogP contribution in [0.5, 0.6) is 5.88 Å². The standard InChI is InChI=1S/C9H16N2O2S/c1-3-5-10-7(12)8(14)11(6-4-2)9(10)13/h12,14H,3-6H2,1-2H3. The van der Waals surface area contributed by atoms with Crippen molar-refractivity contribution >= 4 is 12.6 Å². The van der Waals surface area contributed by atoms with Gasteiger partial charge in [0.25, 0.3) is 0 Å². The maximum Gasteiger partial charge on any atom is 0.331 e. The third-order valence-electron chi connectivity index (χ3n) is 2.07. The monoisotopic (exact) mass is 216 g/mol. The zero-order valence-electron chi connectivity index (χ0n) is 8.53. The predicted molar refractivity (Wildman–Crippen MR) is 58.2 cm³/mol. The third-order valence-corrected chi connectivity index (χ3v) is 2.51. The van der Waals surface area contributed by atoms with E-state index in [1.165, 1.54) is 9.13 Å². The number of aromatic hydroxyl groups is 1. The molecule has 0 bridgehead atoms. The van der Waals surface area contributed by atoms with Crippen LogP contribution >= 0.6 is 12.6 Å². The van der Waals surface area contributed by atoms with Crippen molar-refractivity contribution in [1.82, 2.24) is 9.13 Å². The molecular weight excluding hydrogens is 200 g/mol. The molecule has 0 radical (unpaired) electrons. The Morgan fingerprint density at radius 1 is 1.21 bits per heavy atom. The third kappa shape index (κ3) is 1.82. The zero-order chi connectivity index (χ0) is 10.7. The molecule has 0 saturated carbocycles. The van der Waals surface area contributed by atoms with Crippen LogP contribution in [-0.2, 0) is 13.1 Å². The van der Waals surface area contributed by atoms with E-state index in [-0.39, 0.29) is 11.6 Å². The van der Waals surface area contributed by atoms with Gasteiger partial charge in [-0.1, -0.05) is 13.8 Å². The lowest BCUT2D eigenvalue weighted by atomic mass is 10.5. The Labute approximate surface area is 88.6 Å². The largest absolute Gasteiger partial charge is 0.492 e. The summed E-state index contributed by atoms with van der Waals surface area (Å²) in [7, 11) is 0. The van der Waals surface area contributed by atoms with Crippen LogP contribution in [0.15, 0.2) is 9.82 Å². The molecular formula is C9H16N2O2S. The van der Waals surface area contributed by atoms with Crippen molar-refractivity contribution in [2.75, 3.05) is 0 Å². The second kappa shape index (κ2) is 4.59. The number of thiol groups is 1. The lowest BCUT2D eigenvalue weighted by Gasteiger charge is -1.98. The first-order valence-electron chi connectivity index (χ1n) is 4.84. The van der Waals surface area contributed by atoms with Crippen LogP contribution in [0.2, 0.25) is 0 Å². The van der Waals surface area contributed by atoms with Crippen molar-refractivity contribution in [3.63, 3.8) is 0 Å². The van der Waals surface area contributed by atoms with Crippen LogP contribution in [-0.4, -0.2) is 14.2 Å². The number of hydrogen-bond acceptors (Lipinski definition) is 3. The van der Waals surface area contributed by atoms with Crippen molar-refractivity contribution in [3.05, 3.63) is 10.5 Å². The van der Waals surface area contributed by atoms with E-state index in [2.05, 4.69) is 12.6 Å². The minimum Gasteiger partial charge on any atom is -0.492 e. The summed E-state index contributed by atoms with van der Waals surface area (Å²) in [6.07, 6.45) is 1.67. The number of aromatic nitrogens is 2. The molecule has 0 aliphatic rings. The smallest absolute Gasteiger partial charge is 0.331 e. The van der Waals surface area contributed by atoms with Gasteiger partial charge in [0.1, 0.15) is 5.03 Å². The number of nitrogens with zero attached hydrogens (tertiary/aromatic N) is 2. The summed E-state index contributed by atoms with van der Waals surface area (Å²) in [5, 5.41) is 9.99. The molecule has 4 nitrogen and oxygen atoms in total. The average Bonchev–Trinajstić information content (AvgIpc) is 2.36. The molecule has 80 valence electrons. The normalized spacial score (nSPS) is 10.8. The lowest BCUT2D eigenvalue weighted by Crippen LogP contribution is -2.24. The quantitative estimate of drug-likeness (QED) is 0.749. The number of rotatable bonds is 4. The van der Waals surface area contributed by atoms with E-state index >= 15 is 0 Å². The highest BCUT2D eigenvalue weighted by molar-refractivity contribution is 7.80. The van der Waals surface area contributed by atoms with Gasteiger partial charge in [-0.3, -0.25) is 9.13 Å². The van der Waals surface area contributed by atoms with E-state index in [4.69, 9.17) is 0 Å². The maximum absolute atomic E-state index is 11.7. The fourth-order valence-electron chi connectivity index (χ4n) is 1.42. The van der Waals surface area contributed by atoms with Gasteiger partial charge in [0, 0.05) is 13.1 Å². The number of imidazole rings is 1. The fourth-order valence-corrected chi connectivity index (χ4v) is 1.72. The minimum atomic E-state index is -0.170. The highest BCUT2D eigenvalue weighted by atomic mass is 32.1. The van der Waals surface area contributed by atoms with Crippen LogP contribution in [0.3, 0.4) is 0 Å². The van der Waals surface area contributed by atoms with E-state index in [9.17, 15) is 9.90 Å². The molecule has 1 N–H and O–H groups in total. The molecule has 0 fully saturated rings. The Kier molecular flexibility index (Phi) is 3.69. The lowest BCUT2D eigenvalue weighted by molar-refractivity contribution is 0.400. The molecule has 0 saturated heterocycles. The second-order valence-electron chi connectivity index (χ2n) is 3.23. The van der Waals surface area contributed by atoms with Gasteiger partial charge in [-0.2, -0.15) is 0 Å². The average molecular weight is 216 g/mol. The highest BCUT2D eigenvalue weighted by Gasteiger charge is 2.14. The van der Waals surface area contributed by atoms with Crippen molar-refractivity contribution in [3.8, 4) is 5.88 Å². The van der Waals surface area contributed by atoms with E-state index in [1.54, 1.807) is 0 Å². The van der Waals surface area contributed by atoms with Crippen molar-refractivity contribution in [2.24, 2.45) is 0 Å². The zero-order valence-corrected chi connectivity index (χ0v) is 9.42. The summed E-state index contributed by atoms with van der Waals surface area (Å²) in [6, 6.07) is 0. The second-order valence-corrected chi connectivity index (χ2v) is 3.66. The van der Waals surface area contributed by atoms with Gasteiger partial charge in [0.05, 0.1) is 0 Å². The Bertz CT molecular complexity index is 335. The van der Waals surface area contributed by atoms with Gasteiger partial charge >= 0.3 is 5.69 Å². The number of hydrogen-bond donors (Lipinski definition) is 2. The van der Waals surface area contributed by atoms with Crippen LogP contribution in [0.1, 0.15) is 26.7 Å². The van der Waals surface area contributed by atoms with E-state index in [0.29, 0.717) is 18.1 Å². The molecule has 0 amide bonds. The van der Waals surface area contributed by atoms with E-state index in [0.717, 1.165) is 12.8 Å². The first kappa shape index (κ1) is 11.2. The van der Waals surface area contributed by atoms with Gasteiger partial charge in [-0.25, -0.2) is 4.79 Å². The van der Waals surface area contributed by atoms with Crippen molar-refractivity contribution in [2.45, 2.75) is 44.8 Å². The van der Waals surface area contributed by atoms with Gasteiger partial charge in [-0.15, -0.1) is 12.6 Å². The van der Waals surface area contributed by atoms with E-state index in [1.807, 2.05) is 13.8 Å². The first-order valence-corrected chi connectivity index (χ1v) is 5.29. The van der Waals surface area contributed by atoms with Gasteiger partial charge < -0.3 is 5.11 Å². The van der Waals surface area contributed by atoms with Crippen LogP contribution in [0.4, 0.5) is 0 Å². The Morgan fingerprint density at radius 3 is 2.21 bits per heavy atom. The SMILES string of the molecule is CCCn1c(O)c(S)n(CCC)c1=O. The summed E-state index contributed by atoms with van der Waals surface area (Å²) >= 11 is 4.12.